The molecule has 0 amide bonds. The van der Waals surface area contributed by atoms with Crippen LogP contribution in [0.2, 0.25) is 5.02 Å². The molecule has 1 aromatic rings. The monoisotopic (exact) mass is 302 g/mol. The highest BCUT2D eigenvalue weighted by Crippen LogP contribution is 2.21. The van der Waals surface area contributed by atoms with Crippen LogP contribution in [0.4, 0.5) is 0 Å². The van der Waals surface area contributed by atoms with Crippen molar-refractivity contribution in [2.24, 2.45) is 0 Å². The molecule has 0 aromatic heterocycles. The van der Waals surface area contributed by atoms with Gasteiger partial charge in [0.15, 0.2) is 0 Å². The van der Waals surface area contributed by atoms with Crippen molar-refractivity contribution in [2.45, 2.75) is 43.7 Å². The largest absolute Gasteiger partial charge is 0.313 e. The summed E-state index contributed by atoms with van der Waals surface area (Å²) in [5, 5.41) is 3.74. The molecule has 1 heterocycles. The van der Waals surface area contributed by atoms with Crippen molar-refractivity contribution in [3.05, 3.63) is 28.8 Å². The van der Waals surface area contributed by atoms with Crippen LogP contribution >= 0.6 is 11.6 Å². The van der Waals surface area contributed by atoms with Gasteiger partial charge < -0.3 is 5.32 Å². The Kier molecular flexibility index (Phi) is 4.50. The topological polar surface area (TPSA) is 58.2 Å². The quantitative estimate of drug-likeness (QED) is 0.898. The van der Waals surface area contributed by atoms with E-state index in [-0.39, 0.29) is 17.0 Å². The summed E-state index contributed by atoms with van der Waals surface area (Å²) in [7, 11) is -3.51. The standard InChI is InChI=1S/C13H19ClN2O2S/c1-9-5-6-11(8-12(9)14)19(17,18)16-13-4-3-7-15-10(13)2/h5-6,8,10,13,15-16H,3-4,7H2,1-2H3. The molecule has 1 fully saturated rings. The lowest BCUT2D eigenvalue weighted by atomic mass is 10.0. The van der Waals surface area contributed by atoms with Crippen molar-refractivity contribution >= 4 is 21.6 Å². The molecule has 2 N–H and O–H groups in total. The first-order valence-electron chi connectivity index (χ1n) is 6.42. The van der Waals surface area contributed by atoms with E-state index < -0.39 is 10.0 Å². The van der Waals surface area contributed by atoms with Crippen LogP contribution in [0.15, 0.2) is 23.1 Å². The molecule has 1 saturated heterocycles. The molecule has 2 unspecified atom stereocenters. The number of rotatable bonds is 3. The Labute approximate surface area is 119 Å². The summed E-state index contributed by atoms with van der Waals surface area (Å²) < 4.78 is 27.4. The Balaban J connectivity index is 2.19. The second-order valence-electron chi connectivity index (χ2n) is 5.02. The highest BCUT2D eigenvalue weighted by atomic mass is 35.5. The van der Waals surface area contributed by atoms with Gasteiger partial charge in [0.1, 0.15) is 0 Å². The summed E-state index contributed by atoms with van der Waals surface area (Å²) >= 11 is 5.99. The van der Waals surface area contributed by atoms with Gasteiger partial charge in [-0.3, -0.25) is 0 Å². The van der Waals surface area contributed by atoms with E-state index in [9.17, 15) is 8.42 Å². The first-order valence-corrected chi connectivity index (χ1v) is 8.28. The summed E-state index contributed by atoms with van der Waals surface area (Å²) in [6.07, 6.45) is 1.83. The molecule has 1 aromatic carbocycles. The summed E-state index contributed by atoms with van der Waals surface area (Å²) in [5.41, 5.74) is 0.869. The number of nitrogens with one attached hydrogen (secondary N) is 2. The Morgan fingerprint density at radius 2 is 2.16 bits per heavy atom. The van der Waals surface area contributed by atoms with E-state index in [0.29, 0.717) is 5.02 Å². The molecule has 4 nitrogen and oxygen atoms in total. The number of hydrogen-bond acceptors (Lipinski definition) is 3. The lowest BCUT2D eigenvalue weighted by molar-refractivity contribution is 0.349. The maximum atomic E-state index is 12.3. The van der Waals surface area contributed by atoms with Crippen LogP contribution in [0.1, 0.15) is 25.3 Å². The molecular weight excluding hydrogens is 284 g/mol. The fourth-order valence-electron chi connectivity index (χ4n) is 2.21. The van der Waals surface area contributed by atoms with Gasteiger partial charge in [0, 0.05) is 17.1 Å². The molecule has 1 aliphatic heterocycles. The van der Waals surface area contributed by atoms with Crippen molar-refractivity contribution in [3.63, 3.8) is 0 Å². The van der Waals surface area contributed by atoms with Crippen LogP contribution in [0.25, 0.3) is 0 Å². The van der Waals surface area contributed by atoms with Crippen LogP contribution in [0.5, 0.6) is 0 Å². The molecule has 0 radical (unpaired) electrons. The van der Waals surface area contributed by atoms with Crippen LogP contribution in [0.3, 0.4) is 0 Å². The average molecular weight is 303 g/mol. The zero-order valence-corrected chi connectivity index (χ0v) is 12.7. The lowest BCUT2D eigenvalue weighted by Gasteiger charge is -2.30. The second-order valence-corrected chi connectivity index (χ2v) is 7.14. The molecule has 106 valence electrons. The third-order valence-corrected chi connectivity index (χ3v) is 5.42. The van der Waals surface area contributed by atoms with Crippen LogP contribution in [-0.2, 0) is 10.0 Å². The first-order chi connectivity index (χ1) is 8.90. The molecule has 2 atom stereocenters. The van der Waals surface area contributed by atoms with Gasteiger partial charge >= 0.3 is 0 Å². The third kappa shape index (κ3) is 3.48. The fourth-order valence-corrected chi connectivity index (χ4v) is 3.84. The Hall–Kier alpha value is -0.620. The van der Waals surface area contributed by atoms with E-state index >= 15 is 0 Å². The predicted molar refractivity (Wildman–Crippen MR) is 77.0 cm³/mol. The number of sulfonamides is 1. The van der Waals surface area contributed by atoms with E-state index in [1.54, 1.807) is 12.1 Å². The van der Waals surface area contributed by atoms with Crippen molar-refractivity contribution in [1.82, 2.24) is 10.0 Å². The molecule has 0 saturated carbocycles. The van der Waals surface area contributed by atoms with E-state index in [0.717, 1.165) is 24.9 Å². The lowest BCUT2D eigenvalue weighted by Crippen LogP contribution is -2.51. The van der Waals surface area contributed by atoms with E-state index in [1.165, 1.54) is 6.07 Å². The van der Waals surface area contributed by atoms with Crippen LogP contribution in [-0.4, -0.2) is 27.0 Å². The molecule has 6 heteroatoms. The zero-order chi connectivity index (χ0) is 14.0. The molecule has 0 bridgehead atoms. The third-order valence-electron chi connectivity index (χ3n) is 3.52. The van der Waals surface area contributed by atoms with Gasteiger partial charge in [0.2, 0.25) is 10.0 Å². The van der Waals surface area contributed by atoms with Crippen molar-refractivity contribution < 1.29 is 8.42 Å². The van der Waals surface area contributed by atoms with Gasteiger partial charge in [-0.1, -0.05) is 17.7 Å². The SMILES string of the molecule is Cc1ccc(S(=O)(=O)NC2CCCNC2C)cc1Cl. The molecule has 19 heavy (non-hydrogen) atoms. The number of piperidine rings is 1. The smallest absolute Gasteiger partial charge is 0.240 e. The highest BCUT2D eigenvalue weighted by molar-refractivity contribution is 7.89. The Bertz CT molecular complexity index is 560. The first kappa shape index (κ1) is 14.8. The molecule has 2 rings (SSSR count). The van der Waals surface area contributed by atoms with Crippen molar-refractivity contribution in [2.75, 3.05) is 6.54 Å². The average Bonchev–Trinajstić information content (AvgIpc) is 2.35. The predicted octanol–water partition coefficient (Wildman–Crippen LogP) is 2.07. The minimum absolute atomic E-state index is 0.0705. The van der Waals surface area contributed by atoms with Gasteiger partial charge in [-0.05, 0) is 50.9 Å². The fraction of sp³-hybridized carbons (Fsp3) is 0.538. The highest BCUT2D eigenvalue weighted by Gasteiger charge is 2.26. The number of halogens is 1. The Morgan fingerprint density at radius 3 is 2.79 bits per heavy atom. The summed E-state index contributed by atoms with van der Waals surface area (Å²) in [6.45, 7) is 4.78. The zero-order valence-electron chi connectivity index (χ0n) is 11.1. The summed E-state index contributed by atoms with van der Waals surface area (Å²) in [6, 6.07) is 4.88. The normalized spacial score (nSPS) is 24.4. The molecular formula is C13H19ClN2O2S. The number of hydrogen-bond donors (Lipinski definition) is 2. The van der Waals surface area contributed by atoms with Gasteiger partial charge in [-0.2, -0.15) is 0 Å². The van der Waals surface area contributed by atoms with Crippen LogP contribution in [0, 0.1) is 6.92 Å². The van der Waals surface area contributed by atoms with Gasteiger partial charge in [-0.25, -0.2) is 13.1 Å². The van der Waals surface area contributed by atoms with E-state index in [1.807, 2.05) is 13.8 Å². The van der Waals surface area contributed by atoms with Gasteiger partial charge in [0.05, 0.1) is 4.90 Å². The minimum Gasteiger partial charge on any atom is -0.313 e. The molecule has 0 aliphatic carbocycles. The summed E-state index contributed by atoms with van der Waals surface area (Å²) in [4.78, 5) is 0.223. The summed E-state index contributed by atoms with van der Waals surface area (Å²) in [5.74, 6) is 0. The maximum absolute atomic E-state index is 12.3. The molecule has 1 aliphatic rings. The second kappa shape index (κ2) is 5.79. The van der Waals surface area contributed by atoms with Crippen molar-refractivity contribution in [1.29, 1.82) is 0 Å². The number of aryl methyl sites for hydroxylation is 1. The van der Waals surface area contributed by atoms with Crippen molar-refractivity contribution in [3.8, 4) is 0 Å². The minimum atomic E-state index is -3.51. The van der Waals surface area contributed by atoms with Crippen LogP contribution < -0.4 is 10.0 Å². The number of benzene rings is 1. The van der Waals surface area contributed by atoms with Gasteiger partial charge in [-0.15, -0.1) is 0 Å². The van der Waals surface area contributed by atoms with E-state index in [4.69, 9.17) is 11.6 Å². The Morgan fingerprint density at radius 1 is 1.42 bits per heavy atom. The van der Waals surface area contributed by atoms with Gasteiger partial charge in [0.25, 0.3) is 0 Å². The molecule has 0 spiro atoms. The maximum Gasteiger partial charge on any atom is 0.240 e. The van der Waals surface area contributed by atoms with E-state index in [2.05, 4.69) is 10.0 Å².